The number of fused-ring (bicyclic) bond motifs is 1. The van der Waals surface area contributed by atoms with Gasteiger partial charge >= 0.3 is 5.97 Å². The van der Waals surface area contributed by atoms with E-state index in [4.69, 9.17) is 0 Å². The molecule has 0 spiro atoms. The van der Waals surface area contributed by atoms with Gasteiger partial charge < -0.3 is 9.84 Å². The minimum atomic E-state index is -0.500. The van der Waals surface area contributed by atoms with E-state index in [2.05, 4.69) is 9.72 Å². The molecule has 4 nitrogen and oxygen atoms in total. The van der Waals surface area contributed by atoms with Gasteiger partial charge in [-0.1, -0.05) is 18.2 Å². The number of ether oxygens (including phenoxy) is 1. The average molecular weight is 217 g/mol. The summed E-state index contributed by atoms with van der Waals surface area (Å²) in [6, 6.07) is 8.89. The maximum Gasteiger partial charge on any atom is 0.356 e. The number of hydrogen-bond donors (Lipinski definition) is 1. The Balaban J connectivity index is 2.68. The van der Waals surface area contributed by atoms with Gasteiger partial charge in [0.05, 0.1) is 19.2 Å². The van der Waals surface area contributed by atoms with E-state index < -0.39 is 5.97 Å². The number of carbonyl (C=O) groups is 1. The van der Waals surface area contributed by atoms with Crippen LogP contribution in [0.5, 0.6) is 0 Å². The van der Waals surface area contributed by atoms with E-state index >= 15 is 0 Å². The number of hydrogen-bond acceptors (Lipinski definition) is 4. The summed E-state index contributed by atoms with van der Waals surface area (Å²) in [5.41, 5.74) is 1.56. The summed E-state index contributed by atoms with van der Waals surface area (Å²) in [6.07, 6.45) is 0. The number of carbonyl (C=O) groups excluding carboxylic acids is 1. The molecule has 1 N–H and O–H groups in total. The third kappa shape index (κ3) is 1.75. The van der Waals surface area contributed by atoms with Gasteiger partial charge in [-0.05, 0) is 17.7 Å². The molecule has 2 rings (SSSR count). The number of para-hydroxylation sites is 1. The highest BCUT2D eigenvalue weighted by molar-refractivity contribution is 5.92. The quantitative estimate of drug-likeness (QED) is 0.775. The molecule has 82 valence electrons. The second-order valence-electron chi connectivity index (χ2n) is 3.33. The first-order valence-corrected chi connectivity index (χ1v) is 4.84. The van der Waals surface area contributed by atoms with Crippen molar-refractivity contribution in [2.75, 3.05) is 7.11 Å². The second kappa shape index (κ2) is 4.28. The van der Waals surface area contributed by atoms with E-state index in [0.717, 1.165) is 5.39 Å². The van der Waals surface area contributed by atoms with Crippen LogP contribution in [0.2, 0.25) is 0 Å². The van der Waals surface area contributed by atoms with Gasteiger partial charge in [0, 0.05) is 5.39 Å². The first-order valence-electron chi connectivity index (χ1n) is 4.84. The zero-order valence-electron chi connectivity index (χ0n) is 8.80. The van der Waals surface area contributed by atoms with Crippen molar-refractivity contribution in [2.24, 2.45) is 0 Å². The van der Waals surface area contributed by atoms with Crippen LogP contribution in [0.15, 0.2) is 30.3 Å². The molecular weight excluding hydrogens is 206 g/mol. The van der Waals surface area contributed by atoms with E-state index in [1.807, 2.05) is 18.2 Å². The Labute approximate surface area is 92.5 Å². The van der Waals surface area contributed by atoms with Crippen LogP contribution in [-0.2, 0) is 11.3 Å². The van der Waals surface area contributed by atoms with Gasteiger partial charge in [-0.15, -0.1) is 0 Å². The standard InChI is InChI=1S/C12H11NO3/c1-16-12(15)11-6-8(7-14)9-4-2-3-5-10(9)13-11/h2-6,14H,7H2,1H3. The van der Waals surface area contributed by atoms with Crippen molar-refractivity contribution in [1.29, 1.82) is 0 Å². The molecule has 0 bridgehead atoms. The minimum Gasteiger partial charge on any atom is -0.464 e. The summed E-state index contributed by atoms with van der Waals surface area (Å²) in [6.45, 7) is -0.132. The molecule has 2 aromatic rings. The van der Waals surface area contributed by atoms with Crippen LogP contribution in [-0.4, -0.2) is 23.2 Å². The SMILES string of the molecule is COC(=O)c1cc(CO)c2ccccc2n1. The van der Waals surface area contributed by atoms with Crippen molar-refractivity contribution in [3.05, 3.63) is 41.6 Å². The molecule has 4 heteroatoms. The number of nitrogens with zero attached hydrogens (tertiary/aromatic N) is 1. The summed E-state index contributed by atoms with van der Waals surface area (Å²) in [4.78, 5) is 15.5. The van der Waals surface area contributed by atoms with Crippen molar-refractivity contribution in [3.63, 3.8) is 0 Å². The lowest BCUT2D eigenvalue weighted by Crippen LogP contribution is -2.05. The van der Waals surface area contributed by atoms with Gasteiger partial charge in [0.2, 0.25) is 0 Å². The molecule has 0 radical (unpaired) electrons. The molecule has 0 aliphatic heterocycles. The Morgan fingerprint density at radius 2 is 2.19 bits per heavy atom. The fourth-order valence-corrected chi connectivity index (χ4v) is 1.59. The molecule has 0 saturated carbocycles. The van der Waals surface area contributed by atoms with Crippen LogP contribution < -0.4 is 0 Å². The van der Waals surface area contributed by atoms with Crippen molar-refractivity contribution >= 4 is 16.9 Å². The monoisotopic (exact) mass is 217 g/mol. The molecular formula is C12H11NO3. The van der Waals surface area contributed by atoms with E-state index in [9.17, 15) is 9.90 Å². The highest BCUT2D eigenvalue weighted by atomic mass is 16.5. The topological polar surface area (TPSA) is 59.4 Å². The molecule has 0 atom stereocenters. The number of benzene rings is 1. The minimum absolute atomic E-state index is 0.132. The number of aliphatic hydroxyl groups is 1. The summed E-state index contributed by atoms with van der Waals surface area (Å²) in [5, 5.41) is 10.1. The van der Waals surface area contributed by atoms with Crippen LogP contribution in [0.4, 0.5) is 0 Å². The first-order chi connectivity index (χ1) is 7.76. The number of aromatic nitrogens is 1. The third-order valence-corrected chi connectivity index (χ3v) is 2.37. The van der Waals surface area contributed by atoms with Crippen LogP contribution >= 0.6 is 0 Å². The lowest BCUT2D eigenvalue weighted by molar-refractivity contribution is 0.0594. The zero-order chi connectivity index (χ0) is 11.5. The Morgan fingerprint density at radius 3 is 2.88 bits per heavy atom. The third-order valence-electron chi connectivity index (χ3n) is 2.37. The van der Waals surface area contributed by atoms with Crippen LogP contribution in [0.25, 0.3) is 10.9 Å². The zero-order valence-corrected chi connectivity index (χ0v) is 8.80. The molecule has 1 aromatic carbocycles. The largest absolute Gasteiger partial charge is 0.464 e. The van der Waals surface area contributed by atoms with E-state index in [1.54, 1.807) is 12.1 Å². The summed E-state index contributed by atoms with van der Waals surface area (Å²) >= 11 is 0. The van der Waals surface area contributed by atoms with Gasteiger partial charge in [0.15, 0.2) is 0 Å². The summed E-state index contributed by atoms with van der Waals surface area (Å²) in [7, 11) is 1.30. The Morgan fingerprint density at radius 1 is 1.44 bits per heavy atom. The maximum absolute atomic E-state index is 11.4. The smallest absolute Gasteiger partial charge is 0.356 e. The number of rotatable bonds is 2. The van der Waals surface area contributed by atoms with Crippen molar-refractivity contribution in [1.82, 2.24) is 4.98 Å². The summed E-state index contributed by atoms with van der Waals surface area (Å²) in [5.74, 6) is -0.500. The lowest BCUT2D eigenvalue weighted by Gasteiger charge is -2.06. The van der Waals surface area contributed by atoms with Gasteiger partial charge in [0.1, 0.15) is 5.69 Å². The Bertz CT molecular complexity index is 537. The predicted molar refractivity (Wildman–Crippen MR) is 59.0 cm³/mol. The van der Waals surface area contributed by atoms with Gasteiger partial charge in [0.25, 0.3) is 0 Å². The maximum atomic E-state index is 11.4. The predicted octanol–water partition coefficient (Wildman–Crippen LogP) is 1.51. The number of pyridine rings is 1. The van der Waals surface area contributed by atoms with Crippen LogP contribution in [0, 0.1) is 0 Å². The van der Waals surface area contributed by atoms with Crippen molar-refractivity contribution in [2.45, 2.75) is 6.61 Å². The normalized spacial score (nSPS) is 10.4. The van der Waals surface area contributed by atoms with Crippen molar-refractivity contribution in [3.8, 4) is 0 Å². The molecule has 0 aliphatic carbocycles. The van der Waals surface area contributed by atoms with Crippen LogP contribution in [0.1, 0.15) is 16.1 Å². The Kier molecular flexibility index (Phi) is 2.83. The fourth-order valence-electron chi connectivity index (χ4n) is 1.59. The molecule has 1 heterocycles. The number of methoxy groups -OCH3 is 1. The average Bonchev–Trinajstić information content (AvgIpc) is 2.36. The van der Waals surface area contributed by atoms with E-state index in [1.165, 1.54) is 7.11 Å². The molecule has 16 heavy (non-hydrogen) atoms. The fraction of sp³-hybridized carbons (Fsp3) is 0.167. The molecule has 1 aromatic heterocycles. The highest BCUT2D eigenvalue weighted by Gasteiger charge is 2.11. The van der Waals surface area contributed by atoms with Gasteiger partial charge in [-0.2, -0.15) is 0 Å². The first kappa shape index (κ1) is 10.6. The molecule has 0 fully saturated rings. The summed E-state index contributed by atoms with van der Waals surface area (Å²) < 4.78 is 4.60. The molecule has 0 unspecified atom stereocenters. The van der Waals surface area contributed by atoms with Gasteiger partial charge in [-0.3, -0.25) is 0 Å². The molecule has 0 aliphatic rings. The highest BCUT2D eigenvalue weighted by Crippen LogP contribution is 2.18. The van der Waals surface area contributed by atoms with E-state index in [-0.39, 0.29) is 12.3 Å². The molecule has 0 saturated heterocycles. The van der Waals surface area contributed by atoms with Crippen molar-refractivity contribution < 1.29 is 14.6 Å². The molecule has 0 amide bonds. The lowest BCUT2D eigenvalue weighted by atomic mass is 10.1. The second-order valence-corrected chi connectivity index (χ2v) is 3.33. The number of aliphatic hydroxyl groups excluding tert-OH is 1. The number of esters is 1. The Hall–Kier alpha value is -1.94. The van der Waals surface area contributed by atoms with E-state index in [0.29, 0.717) is 11.1 Å². The van der Waals surface area contributed by atoms with Crippen LogP contribution in [0.3, 0.4) is 0 Å². The van der Waals surface area contributed by atoms with Gasteiger partial charge in [-0.25, -0.2) is 9.78 Å².